The van der Waals surface area contributed by atoms with Gasteiger partial charge in [0.05, 0.1) is 0 Å². The van der Waals surface area contributed by atoms with Crippen LogP contribution in [0.1, 0.15) is 12.8 Å². The number of nitrogens with two attached hydrogens (primary N) is 2. The molecule has 0 rings (SSSR count). The Hall–Kier alpha value is 0.410. The number of nitrogens with one attached hydrogen (secondary N) is 1. The Kier molecular flexibility index (Phi) is 6.39. The van der Waals surface area contributed by atoms with Crippen molar-refractivity contribution in [3.63, 3.8) is 0 Å². The minimum absolute atomic E-state index is 0.228. The Morgan fingerprint density at radius 1 is 1.60 bits per heavy atom. The van der Waals surface area contributed by atoms with Gasteiger partial charge in [-0.2, -0.15) is 0 Å². The number of halogens is 1. The Labute approximate surface area is 70.9 Å². The smallest absolute Gasteiger partial charge is 0.131 e. The molecule has 0 spiro atoms. The van der Waals surface area contributed by atoms with Crippen molar-refractivity contribution >= 4 is 21.0 Å². The van der Waals surface area contributed by atoms with Crippen LogP contribution < -0.4 is 11.5 Å². The molecule has 0 aromatic rings. The molecule has 0 unspecified atom stereocenters. The van der Waals surface area contributed by atoms with Crippen molar-refractivity contribution in [3.05, 3.63) is 0 Å². The van der Waals surface area contributed by atoms with Gasteiger partial charge in [-0.15, -0.1) is 0 Å². The first kappa shape index (κ1) is 10.4. The number of hydrogen-bond donors (Lipinski definition) is 4. The third-order valence-electron chi connectivity index (χ3n) is 1.21. The van der Waals surface area contributed by atoms with E-state index in [9.17, 15) is 0 Å². The summed E-state index contributed by atoms with van der Waals surface area (Å²) < 4.78 is 6.34. The fourth-order valence-corrected chi connectivity index (χ4v) is 1.39. The molecule has 0 aliphatic rings. The summed E-state index contributed by atoms with van der Waals surface area (Å²) in [6.07, 6.45) is 1.57. The van der Waals surface area contributed by atoms with E-state index in [-0.39, 0.29) is 6.04 Å². The van der Waals surface area contributed by atoms with Gasteiger partial charge in [0, 0.05) is 27.1 Å². The molecule has 0 bridgehead atoms. The number of aliphatic hydroxyl groups excluding tert-OH is 1. The maximum absolute atomic E-state index is 9.05. The van der Waals surface area contributed by atoms with Gasteiger partial charge in [0.2, 0.25) is 0 Å². The van der Waals surface area contributed by atoms with E-state index in [0.717, 1.165) is 12.8 Å². The predicted octanol–water partition coefficient (Wildman–Crippen LogP) is 0.104. The van der Waals surface area contributed by atoms with Crippen LogP contribution in [0.4, 0.5) is 0 Å². The first-order valence-electron chi connectivity index (χ1n) is 3.15. The molecule has 0 aromatic carbocycles. The van der Waals surface area contributed by atoms with E-state index in [1.54, 1.807) is 0 Å². The van der Waals surface area contributed by atoms with Crippen molar-refractivity contribution in [1.29, 1.82) is 3.56 Å². The lowest BCUT2D eigenvalue weighted by atomic mass is 10.2. The zero-order chi connectivity index (χ0) is 7.98. The van der Waals surface area contributed by atoms with Gasteiger partial charge in [-0.1, -0.05) is 0 Å². The molecule has 0 saturated heterocycles. The van der Waals surface area contributed by atoms with Gasteiger partial charge >= 0.3 is 0 Å². The molecule has 0 aromatic heterocycles. The first-order valence-corrected chi connectivity index (χ1v) is 5.47. The van der Waals surface area contributed by atoms with Crippen molar-refractivity contribution < 1.29 is 5.11 Å². The third kappa shape index (κ3) is 4.26. The standard InChI is InChI=1S/C5H14IN3O/c7-3-1-2-4(8)5(10)6-9/h4-5,9-10H,1-3,7-8H2/t4-,5-/m0/s1. The van der Waals surface area contributed by atoms with Crippen LogP contribution in [0.15, 0.2) is 0 Å². The molecule has 10 heavy (non-hydrogen) atoms. The molecule has 0 heterocycles. The summed E-state index contributed by atoms with van der Waals surface area (Å²) in [4.78, 5) is 0. The van der Waals surface area contributed by atoms with Crippen LogP contribution in [-0.4, -0.2) is 21.8 Å². The zero-order valence-corrected chi connectivity index (χ0v) is 7.91. The van der Waals surface area contributed by atoms with Crippen LogP contribution in [0.3, 0.4) is 0 Å². The predicted molar refractivity (Wildman–Crippen MR) is 49.0 cm³/mol. The Morgan fingerprint density at radius 2 is 2.20 bits per heavy atom. The number of alkyl halides is 1. The van der Waals surface area contributed by atoms with E-state index in [1.165, 1.54) is 0 Å². The zero-order valence-electron chi connectivity index (χ0n) is 5.76. The molecule has 2 atom stereocenters. The normalized spacial score (nSPS) is 16.7. The fraction of sp³-hybridized carbons (Fsp3) is 1.00. The second kappa shape index (κ2) is 6.14. The van der Waals surface area contributed by atoms with Crippen molar-refractivity contribution in [2.45, 2.75) is 23.0 Å². The molecule has 0 fully saturated rings. The Bertz CT molecular complexity index is 101. The lowest BCUT2D eigenvalue weighted by Gasteiger charge is -2.12. The molecule has 0 radical (unpaired) electrons. The molecule has 0 aliphatic carbocycles. The highest BCUT2D eigenvalue weighted by Gasteiger charge is 2.10. The number of rotatable bonds is 5. The SMILES string of the molecule is N=I[C@@H](O)[C@@H](N)CCCN. The summed E-state index contributed by atoms with van der Waals surface area (Å²) in [6.45, 7) is 0.608. The average Bonchev–Trinajstić information content (AvgIpc) is 1.98. The van der Waals surface area contributed by atoms with Crippen LogP contribution in [0.2, 0.25) is 0 Å². The van der Waals surface area contributed by atoms with Crippen LogP contribution in [-0.2, 0) is 0 Å². The van der Waals surface area contributed by atoms with Crippen molar-refractivity contribution in [2.24, 2.45) is 11.5 Å². The maximum Gasteiger partial charge on any atom is 0.131 e. The van der Waals surface area contributed by atoms with E-state index in [4.69, 9.17) is 20.1 Å². The summed E-state index contributed by atoms with van der Waals surface area (Å²) in [5, 5.41) is 9.05. The molecule has 0 amide bonds. The van der Waals surface area contributed by atoms with Crippen molar-refractivity contribution in [1.82, 2.24) is 0 Å². The number of hydrogen-bond acceptors (Lipinski definition) is 4. The highest BCUT2D eigenvalue weighted by Crippen LogP contribution is 2.10. The highest BCUT2D eigenvalue weighted by atomic mass is 127. The minimum atomic E-state index is -0.874. The van der Waals surface area contributed by atoms with Gasteiger partial charge < -0.3 is 16.6 Å². The lowest BCUT2D eigenvalue weighted by molar-refractivity contribution is 0.239. The van der Waals surface area contributed by atoms with E-state index >= 15 is 0 Å². The minimum Gasteiger partial charge on any atom is -0.380 e. The second-order valence-electron chi connectivity index (χ2n) is 2.08. The van der Waals surface area contributed by atoms with Crippen LogP contribution in [0, 0.1) is 3.56 Å². The molecule has 4 nitrogen and oxygen atoms in total. The highest BCUT2D eigenvalue weighted by molar-refractivity contribution is 14.1. The molecule has 6 N–H and O–H groups in total. The quantitative estimate of drug-likeness (QED) is 0.416. The molecule has 5 heteroatoms. The lowest BCUT2D eigenvalue weighted by Crippen LogP contribution is -2.31. The molecular formula is C5H14IN3O. The van der Waals surface area contributed by atoms with Crippen LogP contribution >= 0.6 is 21.0 Å². The summed E-state index contributed by atoms with van der Waals surface area (Å²) >= 11 is -0.874. The maximum atomic E-state index is 9.05. The van der Waals surface area contributed by atoms with Crippen LogP contribution in [0.5, 0.6) is 0 Å². The van der Waals surface area contributed by atoms with E-state index in [1.807, 2.05) is 0 Å². The van der Waals surface area contributed by atoms with Gasteiger partial charge in [0.1, 0.15) is 4.11 Å². The monoisotopic (exact) mass is 259 g/mol. The summed E-state index contributed by atoms with van der Waals surface area (Å²) in [5.74, 6) is 0. The number of aliphatic hydroxyl groups is 1. The van der Waals surface area contributed by atoms with Crippen LogP contribution in [0.25, 0.3) is 0 Å². The third-order valence-corrected chi connectivity index (χ3v) is 2.77. The summed E-state index contributed by atoms with van der Waals surface area (Å²) in [5.41, 5.74) is 10.8. The van der Waals surface area contributed by atoms with Gasteiger partial charge in [0.25, 0.3) is 0 Å². The van der Waals surface area contributed by atoms with Gasteiger partial charge in [-0.05, 0) is 19.4 Å². The Balaban J connectivity index is 3.40. The first-order chi connectivity index (χ1) is 4.72. The summed E-state index contributed by atoms with van der Waals surface area (Å²) in [6, 6.07) is -0.228. The topological polar surface area (TPSA) is 96.1 Å². The van der Waals surface area contributed by atoms with E-state index < -0.39 is 25.1 Å². The molecule has 0 aliphatic heterocycles. The van der Waals surface area contributed by atoms with E-state index in [0.29, 0.717) is 6.54 Å². The van der Waals surface area contributed by atoms with E-state index in [2.05, 4.69) is 0 Å². The fourth-order valence-electron chi connectivity index (χ4n) is 0.572. The largest absolute Gasteiger partial charge is 0.380 e. The average molecular weight is 259 g/mol. The molecule has 0 saturated carbocycles. The van der Waals surface area contributed by atoms with Gasteiger partial charge in [0.15, 0.2) is 0 Å². The van der Waals surface area contributed by atoms with Crippen molar-refractivity contribution in [3.8, 4) is 0 Å². The van der Waals surface area contributed by atoms with Crippen molar-refractivity contribution in [2.75, 3.05) is 6.54 Å². The summed E-state index contributed by atoms with van der Waals surface area (Å²) in [7, 11) is 0. The van der Waals surface area contributed by atoms with Gasteiger partial charge in [-0.25, -0.2) is 0 Å². The Morgan fingerprint density at radius 3 is 2.60 bits per heavy atom. The van der Waals surface area contributed by atoms with Gasteiger partial charge in [-0.3, -0.25) is 3.56 Å². The molecular weight excluding hydrogens is 245 g/mol. The molecule has 62 valence electrons. The second-order valence-corrected chi connectivity index (χ2v) is 3.98.